The number of rotatable bonds is 3. The van der Waals surface area contributed by atoms with Crippen molar-refractivity contribution in [1.29, 1.82) is 0 Å². The number of hydrogen-bond donors (Lipinski definition) is 2. The lowest BCUT2D eigenvalue weighted by Gasteiger charge is -1.98. The molecule has 3 aromatic rings. The van der Waals surface area contributed by atoms with E-state index in [1.807, 2.05) is 12.1 Å². The van der Waals surface area contributed by atoms with E-state index in [4.69, 9.17) is 14.3 Å². The maximum Gasteiger partial charge on any atom is 0.356 e. The summed E-state index contributed by atoms with van der Waals surface area (Å²) in [6, 6.07) is 8.77. The Balaban J connectivity index is 2.12. The van der Waals surface area contributed by atoms with Crippen LogP contribution in [0.3, 0.4) is 0 Å². The van der Waals surface area contributed by atoms with Crippen molar-refractivity contribution in [3.05, 3.63) is 36.0 Å². The lowest BCUT2D eigenvalue weighted by Crippen LogP contribution is -1.95. The van der Waals surface area contributed by atoms with Gasteiger partial charge in [-0.25, -0.2) is 4.79 Å². The minimum absolute atomic E-state index is 0.0533. The van der Waals surface area contributed by atoms with Crippen LogP contribution in [0.2, 0.25) is 0 Å². The average molecular weight is 258 g/mol. The molecule has 0 bridgehead atoms. The number of H-pyrrole nitrogens is 1. The van der Waals surface area contributed by atoms with Crippen molar-refractivity contribution in [3.63, 3.8) is 0 Å². The van der Waals surface area contributed by atoms with Crippen LogP contribution in [0, 0.1) is 0 Å². The molecule has 0 aliphatic heterocycles. The molecule has 0 unspecified atom stereocenters. The molecule has 2 heterocycles. The lowest BCUT2D eigenvalue weighted by atomic mass is 10.2. The first kappa shape index (κ1) is 11.3. The molecule has 96 valence electrons. The number of benzene rings is 1. The van der Waals surface area contributed by atoms with Gasteiger partial charge >= 0.3 is 5.97 Å². The fraction of sp³-hybridized carbons (Fsp3) is 0.0769. The van der Waals surface area contributed by atoms with E-state index in [1.165, 1.54) is 6.07 Å². The van der Waals surface area contributed by atoms with E-state index in [0.717, 1.165) is 5.39 Å². The molecule has 1 aromatic carbocycles. The zero-order valence-corrected chi connectivity index (χ0v) is 10.0. The van der Waals surface area contributed by atoms with Gasteiger partial charge in [0.25, 0.3) is 0 Å². The highest BCUT2D eigenvalue weighted by atomic mass is 16.5. The van der Waals surface area contributed by atoms with Gasteiger partial charge in [0.05, 0.1) is 7.11 Å². The Morgan fingerprint density at radius 1 is 1.42 bits per heavy atom. The number of carboxylic acid groups (broad SMARTS) is 1. The van der Waals surface area contributed by atoms with Crippen LogP contribution in [0.5, 0.6) is 5.75 Å². The summed E-state index contributed by atoms with van der Waals surface area (Å²) in [7, 11) is 1.57. The van der Waals surface area contributed by atoms with E-state index in [0.29, 0.717) is 22.8 Å². The Labute approximate surface area is 107 Å². The van der Waals surface area contributed by atoms with E-state index < -0.39 is 5.97 Å². The van der Waals surface area contributed by atoms with E-state index >= 15 is 0 Å². The van der Waals surface area contributed by atoms with Gasteiger partial charge in [-0.05, 0) is 12.1 Å². The molecule has 3 rings (SSSR count). The molecule has 0 radical (unpaired) electrons. The summed E-state index contributed by atoms with van der Waals surface area (Å²) >= 11 is 0. The van der Waals surface area contributed by atoms with Crippen molar-refractivity contribution in [2.24, 2.45) is 0 Å². The monoisotopic (exact) mass is 258 g/mol. The second-order valence-electron chi connectivity index (χ2n) is 3.96. The van der Waals surface area contributed by atoms with Crippen LogP contribution < -0.4 is 4.74 Å². The number of carboxylic acids is 1. The van der Waals surface area contributed by atoms with Gasteiger partial charge in [0.1, 0.15) is 5.69 Å². The number of methoxy groups -OCH3 is 1. The van der Waals surface area contributed by atoms with Gasteiger partial charge in [-0.1, -0.05) is 12.1 Å². The van der Waals surface area contributed by atoms with Crippen molar-refractivity contribution in [2.45, 2.75) is 0 Å². The first-order valence-electron chi connectivity index (χ1n) is 5.54. The van der Waals surface area contributed by atoms with Crippen LogP contribution in [0.4, 0.5) is 0 Å². The van der Waals surface area contributed by atoms with Crippen molar-refractivity contribution >= 4 is 16.9 Å². The Morgan fingerprint density at radius 2 is 2.26 bits per heavy atom. The summed E-state index contributed by atoms with van der Waals surface area (Å²) in [6.07, 6.45) is 0. The minimum atomic E-state index is -1.09. The number of aromatic carboxylic acids is 1. The van der Waals surface area contributed by atoms with Gasteiger partial charge in [-0.15, -0.1) is 0 Å². The minimum Gasteiger partial charge on any atom is -0.493 e. The third kappa shape index (κ3) is 1.83. The maximum atomic E-state index is 10.8. The molecule has 0 atom stereocenters. The number of para-hydroxylation sites is 1. The van der Waals surface area contributed by atoms with E-state index in [2.05, 4.69) is 10.2 Å². The van der Waals surface area contributed by atoms with Crippen LogP contribution >= 0.6 is 0 Å². The smallest absolute Gasteiger partial charge is 0.356 e. The zero-order valence-electron chi connectivity index (χ0n) is 10.0. The molecule has 0 spiro atoms. The summed E-state index contributed by atoms with van der Waals surface area (Å²) < 4.78 is 10.9. The molecule has 0 amide bonds. The van der Waals surface area contributed by atoms with E-state index in [1.54, 1.807) is 19.2 Å². The van der Waals surface area contributed by atoms with E-state index in [9.17, 15) is 4.79 Å². The molecule has 0 saturated heterocycles. The molecule has 2 aromatic heterocycles. The molecule has 0 aliphatic carbocycles. The highest BCUT2D eigenvalue weighted by molar-refractivity contribution is 5.89. The molecule has 19 heavy (non-hydrogen) atoms. The Hall–Kier alpha value is -2.76. The highest BCUT2D eigenvalue weighted by Crippen LogP contribution is 2.32. The molecule has 0 fully saturated rings. The lowest BCUT2D eigenvalue weighted by molar-refractivity contribution is 0.0690. The molecular formula is C13H10N2O4. The fourth-order valence-corrected chi connectivity index (χ4v) is 1.89. The zero-order chi connectivity index (χ0) is 13.4. The summed E-state index contributed by atoms with van der Waals surface area (Å²) in [5.74, 6) is 0.0532. The molecule has 6 heteroatoms. The fourth-order valence-electron chi connectivity index (χ4n) is 1.89. The van der Waals surface area contributed by atoms with Gasteiger partial charge in [0, 0.05) is 11.5 Å². The number of aromatic amines is 1. The Bertz CT molecular complexity index is 757. The van der Waals surface area contributed by atoms with Gasteiger partial charge in [0.2, 0.25) is 0 Å². The third-order valence-electron chi connectivity index (χ3n) is 2.79. The number of nitrogens with zero attached hydrogens (tertiary/aromatic N) is 1. The molecule has 6 nitrogen and oxygen atoms in total. The number of fused-ring (bicyclic) bond motifs is 1. The van der Waals surface area contributed by atoms with Gasteiger partial charge < -0.3 is 14.3 Å². The number of ether oxygens (including phenoxy) is 1. The molecular weight excluding hydrogens is 248 g/mol. The van der Waals surface area contributed by atoms with Crippen molar-refractivity contribution in [3.8, 4) is 17.2 Å². The van der Waals surface area contributed by atoms with Crippen molar-refractivity contribution in [2.75, 3.05) is 7.11 Å². The van der Waals surface area contributed by atoms with Crippen LogP contribution in [-0.4, -0.2) is 28.4 Å². The van der Waals surface area contributed by atoms with Crippen LogP contribution in [0.25, 0.3) is 22.4 Å². The van der Waals surface area contributed by atoms with Gasteiger partial charge in [-0.2, -0.15) is 5.10 Å². The maximum absolute atomic E-state index is 10.8. The number of carbonyl (C=O) groups is 1. The number of hydrogen-bond acceptors (Lipinski definition) is 4. The second kappa shape index (κ2) is 4.16. The van der Waals surface area contributed by atoms with Crippen molar-refractivity contribution < 1.29 is 19.1 Å². The topological polar surface area (TPSA) is 88.4 Å². The Morgan fingerprint density at radius 3 is 2.95 bits per heavy atom. The summed E-state index contributed by atoms with van der Waals surface area (Å²) in [6.45, 7) is 0. The molecule has 2 N–H and O–H groups in total. The van der Waals surface area contributed by atoms with Crippen molar-refractivity contribution in [1.82, 2.24) is 10.2 Å². The summed E-state index contributed by atoms with van der Waals surface area (Å²) in [5.41, 5.74) is 1.07. The molecule has 0 aliphatic rings. The SMILES string of the molecule is COc1cccc2cc(-c3cc(C(=O)O)n[nH]3)oc12. The predicted octanol–water partition coefficient (Wildman–Crippen LogP) is 2.53. The standard InChI is InChI=1S/C13H10N2O4/c1-18-10-4-2-3-7-5-11(19-12(7)10)8-6-9(13(16)17)15-14-8/h2-6H,1H3,(H,14,15)(H,16,17). The highest BCUT2D eigenvalue weighted by Gasteiger charge is 2.14. The van der Waals surface area contributed by atoms with Gasteiger partial charge in [0.15, 0.2) is 22.8 Å². The van der Waals surface area contributed by atoms with Crippen LogP contribution in [-0.2, 0) is 0 Å². The Kier molecular flexibility index (Phi) is 2.49. The number of nitrogens with one attached hydrogen (secondary N) is 1. The number of furan rings is 1. The number of aromatic nitrogens is 2. The first-order valence-corrected chi connectivity index (χ1v) is 5.54. The largest absolute Gasteiger partial charge is 0.493 e. The molecule has 0 saturated carbocycles. The average Bonchev–Trinajstić information content (AvgIpc) is 3.04. The summed E-state index contributed by atoms with van der Waals surface area (Å²) in [4.78, 5) is 10.8. The third-order valence-corrected chi connectivity index (χ3v) is 2.79. The van der Waals surface area contributed by atoms with E-state index in [-0.39, 0.29) is 5.69 Å². The summed E-state index contributed by atoms with van der Waals surface area (Å²) in [5, 5.41) is 16.0. The van der Waals surface area contributed by atoms with Crippen LogP contribution in [0.1, 0.15) is 10.5 Å². The quantitative estimate of drug-likeness (QED) is 0.753. The first-order chi connectivity index (χ1) is 9.19. The van der Waals surface area contributed by atoms with Crippen LogP contribution in [0.15, 0.2) is 34.7 Å². The van der Waals surface area contributed by atoms with Gasteiger partial charge in [-0.3, -0.25) is 5.10 Å². The second-order valence-corrected chi connectivity index (χ2v) is 3.96. The predicted molar refractivity (Wildman–Crippen MR) is 67.3 cm³/mol. The normalized spacial score (nSPS) is 10.8.